The van der Waals surface area contributed by atoms with Gasteiger partial charge in [0.2, 0.25) is 12.2 Å². The van der Waals surface area contributed by atoms with E-state index in [0.29, 0.717) is 6.42 Å². The van der Waals surface area contributed by atoms with Crippen LogP contribution in [0.4, 0.5) is 0 Å². The quantitative estimate of drug-likeness (QED) is 0.0809. The second-order valence-electron chi connectivity index (χ2n) is 8.98. The zero-order valence-corrected chi connectivity index (χ0v) is 22.4. The Morgan fingerprint density at radius 3 is 2.40 bits per heavy atom. The van der Waals surface area contributed by atoms with Crippen LogP contribution in [-0.2, 0) is 28.6 Å². The third kappa shape index (κ3) is 12.1. The molecule has 1 aliphatic rings. The van der Waals surface area contributed by atoms with Crippen molar-refractivity contribution in [2.24, 2.45) is 0 Å². The lowest BCUT2D eigenvalue weighted by Gasteiger charge is -2.33. The number of hydrogen-bond donors (Lipinski definition) is 5. The molecule has 0 spiro atoms. The Kier molecular flexibility index (Phi) is 13.9. The van der Waals surface area contributed by atoms with Gasteiger partial charge in [0.1, 0.15) is 0 Å². The molecule has 204 valence electrons. The van der Waals surface area contributed by atoms with Crippen molar-refractivity contribution in [2.75, 3.05) is 19.0 Å². The van der Waals surface area contributed by atoms with Gasteiger partial charge in [-0.2, -0.15) is 0 Å². The molecule has 1 amide bonds. The smallest absolute Gasteiger partial charge is 0.369 e. The van der Waals surface area contributed by atoms with Crippen LogP contribution in [-0.4, -0.2) is 92.3 Å². The minimum Gasteiger partial charge on any atom is -0.425 e. The molecule has 0 bridgehead atoms. The zero-order chi connectivity index (χ0) is 26.6. The fourth-order valence-electron chi connectivity index (χ4n) is 3.44. The number of aliphatic hydroxyl groups excluding tert-OH is 3. The van der Waals surface area contributed by atoms with Crippen molar-refractivity contribution in [3.63, 3.8) is 0 Å². The first kappa shape index (κ1) is 31.9. The number of ether oxygens (including phenoxy) is 3. The van der Waals surface area contributed by atoms with Gasteiger partial charge in [-0.1, -0.05) is 28.0 Å². The summed E-state index contributed by atoms with van der Waals surface area (Å²) in [6, 6.07) is -1.09. The molecular weight excluding hydrogens is 502 g/mol. The summed E-state index contributed by atoms with van der Waals surface area (Å²) in [6.07, 6.45) is -0.347. The van der Waals surface area contributed by atoms with Crippen LogP contribution in [0.3, 0.4) is 0 Å². The first-order valence-corrected chi connectivity index (χ1v) is 13.9. The maximum absolute atomic E-state index is 12.5. The molecule has 0 aromatic heterocycles. The first-order chi connectivity index (χ1) is 16.3. The molecule has 11 nitrogen and oxygen atoms in total. The van der Waals surface area contributed by atoms with Crippen LogP contribution in [0.15, 0.2) is 0 Å². The topological polar surface area (TPSA) is 172 Å². The first-order valence-electron chi connectivity index (χ1n) is 11.6. The van der Waals surface area contributed by atoms with Crippen LogP contribution in [0.2, 0.25) is 0 Å². The molecule has 3 unspecified atom stereocenters. The number of amides is 1. The van der Waals surface area contributed by atoms with Crippen molar-refractivity contribution in [3.05, 3.63) is 0 Å². The standard InChI is InChI=1S/C22H39NO10S2/c1-14(26)23-17(13-25)18(11-16(27)12-24)33-22(4,30)20(29)32-15(2)31-19(28)7-5-6-8-21(3)9-10-34-35-21/h15-18,24-25,27,30H,5-13H2,1-4H3,(H,23,26)/t15?,16-,17?,18?,21+,22+/m0/s1. The number of unbranched alkanes of at least 4 members (excludes halogenated alkanes) is 1. The summed E-state index contributed by atoms with van der Waals surface area (Å²) >= 11 is 0. The third-order valence-electron chi connectivity index (χ3n) is 5.39. The summed E-state index contributed by atoms with van der Waals surface area (Å²) in [6.45, 7) is 4.44. The number of carbonyl (C=O) groups excluding carboxylic acids is 3. The van der Waals surface area contributed by atoms with Crippen molar-refractivity contribution in [1.29, 1.82) is 0 Å². The normalized spacial score (nSPS) is 23.0. The Hall–Kier alpha value is -1.09. The van der Waals surface area contributed by atoms with Gasteiger partial charge in [-0.25, -0.2) is 4.79 Å². The lowest BCUT2D eigenvalue weighted by molar-refractivity contribution is -0.255. The second-order valence-corrected chi connectivity index (χ2v) is 12.0. The predicted molar refractivity (Wildman–Crippen MR) is 131 cm³/mol. The average Bonchev–Trinajstić information content (AvgIpc) is 3.20. The Labute approximate surface area is 214 Å². The van der Waals surface area contributed by atoms with E-state index in [0.717, 1.165) is 31.9 Å². The molecule has 0 aliphatic carbocycles. The van der Waals surface area contributed by atoms with E-state index in [1.165, 1.54) is 13.8 Å². The molecule has 1 aliphatic heterocycles. The molecule has 35 heavy (non-hydrogen) atoms. The van der Waals surface area contributed by atoms with Gasteiger partial charge in [0, 0.05) is 44.1 Å². The summed E-state index contributed by atoms with van der Waals surface area (Å²) in [5.74, 6) is -3.77. The fraction of sp³-hybridized carbons (Fsp3) is 0.864. The predicted octanol–water partition coefficient (Wildman–Crippen LogP) is 0.857. The SMILES string of the molecule is CC(=O)NC(CO)C(C[C@H](O)CO)O[C@@](C)(O)C(=O)OC(C)OC(=O)CCCC[C@]1(C)CCSS1. The fourth-order valence-corrected chi connectivity index (χ4v) is 6.74. The molecule has 13 heteroatoms. The van der Waals surface area contributed by atoms with E-state index >= 15 is 0 Å². The van der Waals surface area contributed by atoms with Crippen LogP contribution in [0.1, 0.15) is 66.2 Å². The van der Waals surface area contributed by atoms with Crippen LogP contribution < -0.4 is 5.32 Å². The monoisotopic (exact) mass is 541 g/mol. The van der Waals surface area contributed by atoms with Gasteiger partial charge in [0.25, 0.3) is 5.79 Å². The minimum absolute atomic E-state index is 0.165. The van der Waals surface area contributed by atoms with Gasteiger partial charge in [-0.15, -0.1) is 0 Å². The number of hydrogen-bond acceptors (Lipinski definition) is 12. The van der Waals surface area contributed by atoms with Gasteiger partial charge in [0.05, 0.1) is 31.5 Å². The maximum Gasteiger partial charge on any atom is 0.369 e. The molecule has 6 atom stereocenters. The maximum atomic E-state index is 12.5. The van der Waals surface area contributed by atoms with Gasteiger partial charge < -0.3 is 40.0 Å². The Balaban J connectivity index is 2.57. The van der Waals surface area contributed by atoms with Gasteiger partial charge in [-0.3, -0.25) is 9.59 Å². The van der Waals surface area contributed by atoms with Crippen molar-refractivity contribution >= 4 is 39.4 Å². The van der Waals surface area contributed by atoms with Crippen molar-refractivity contribution < 1.29 is 49.0 Å². The van der Waals surface area contributed by atoms with Gasteiger partial charge in [0.15, 0.2) is 0 Å². The highest BCUT2D eigenvalue weighted by Gasteiger charge is 2.40. The molecule has 1 saturated heterocycles. The highest BCUT2D eigenvalue weighted by Crippen LogP contribution is 2.49. The number of nitrogens with one attached hydrogen (secondary N) is 1. The minimum atomic E-state index is -2.57. The average molecular weight is 542 g/mol. The highest BCUT2D eigenvalue weighted by atomic mass is 33.1. The van der Waals surface area contributed by atoms with E-state index in [4.69, 9.17) is 19.3 Å². The Morgan fingerprint density at radius 2 is 1.86 bits per heavy atom. The highest BCUT2D eigenvalue weighted by molar-refractivity contribution is 8.77. The lowest BCUT2D eigenvalue weighted by Crippen LogP contribution is -2.53. The molecule has 0 saturated carbocycles. The summed E-state index contributed by atoms with van der Waals surface area (Å²) < 4.78 is 15.7. The summed E-state index contributed by atoms with van der Waals surface area (Å²) in [7, 11) is 3.75. The summed E-state index contributed by atoms with van der Waals surface area (Å²) in [4.78, 5) is 36.0. The Bertz CT molecular complexity index is 687. The van der Waals surface area contributed by atoms with Crippen LogP contribution >= 0.6 is 21.6 Å². The van der Waals surface area contributed by atoms with E-state index in [2.05, 4.69) is 12.2 Å². The largest absolute Gasteiger partial charge is 0.425 e. The molecule has 0 aromatic rings. The van der Waals surface area contributed by atoms with Crippen LogP contribution in [0.5, 0.6) is 0 Å². The summed E-state index contributed by atoms with van der Waals surface area (Å²) in [5, 5.41) is 41.4. The van der Waals surface area contributed by atoms with E-state index < -0.39 is 61.4 Å². The molecule has 1 heterocycles. The van der Waals surface area contributed by atoms with E-state index in [9.17, 15) is 29.7 Å². The van der Waals surface area contributed by atoms with Crippen molar-refractivity contribution in [3.8, 4) is 0 Å². The van der Waals surface area contributed by atoms with E-state index in [1.807, 2.05) is 21.6 Å². The number of aliphatic hydroxyl groups is 4. The van der Waals surface area contributed by atoms with E-state index in [-0.39, 0.29) is 17.6 Å². The van der Waals surface area contributed by atoms with Crippen LogP contribution in [0.25, 0.3) is 0 Å². The van der Waals surface area contributed by atoms with Gasteiger partial charge in [-0.05, 0) is 26.2 Å². The molecule has 5 N–H and O–H groups in total. The zero-order valence-electron chi connectivity index (χ0n) is 20.7. The molecular formula is C22H39NO10S2. The lowest BCUT2D eigenvalue weighted by atomic mass is 9.99. The molecule has 1 rings (SSSR count). The molecule has 1 fully saturated rings. The van der Waals surface area contributed by atoms with E-state index in [1.54, 1.807) is 0 Å². The van der Waals surface area contributed by atoms with Gasteiger partial charge >= 0.3 is 11.9 Å². The number of esters is 2. The summed E-state index contributed by atoms with van der Waals surface area (Å²) in [5.41, 5.74) is 0. The van der Waals surface area contributed by atoms with Crippen molar-refractivity contribution in [1.82, 2.24) is 5.32 Å². The number of carbonyl (C=O) groups is 3. The number of rotatable bonds is 16. The Morgan fingerprint density at radius 1 is 1.17 bits per heavy atom. The second kappa shape index (κ2) is 15.2. The van der Waals surface area contributed by atoms with Crippen LogP contribution in [0, 0.1) is 0 Å². The molecule has 0 aromatic carbocycles. The third-order valence-corrected chi connectivity index (χ3v) is 8.75. The van der Waals surface area contributed by atoms with Crippen molar-refractivity contribution in [2.45, 2.75) is 101 Å². The molecule has 0 radical (unpaired) electrons.